The van der Waals surface area contributed by atoms with Crippen LogP contribution in [0.5, 0.6) is 0 Å². The standard InChI is InChI=1S/C12H15Cl2N3O/c1-17(9-5-15-6-9)7-12(18)16-8-2-3-10(13)11(14)4-8/h2-4,9,15H,5-7H2,1H3,(H,16,18). The molecule has 1 aliphatic heterocycles. The lowest BCUT2D eigenvalue weighted by atomic mass is 10.1. The van der Waals surface area contributed by atoms with Crippen LogP contribution in [0, 0.1) is 0 Å². The monoisotopic (exact) mass is 287 g/mol. The van der Waals surface area contributed by atoms with Crippen molar-refractivity contribution < 1.29 is 4.79 Å². The molecule has 1 aliphatic rings. The summed E-state index contributed by atoms with van der Waals surface area (Å²) in [5.41, 5.74) is 0.662. The Morgan fingerprint density at radius 1 is 1.44 bits per heavy atom. The summed E-state index contributed by atoms with van der Waals surface area (Å²) in [5.74, 6) is -0.0530. The number of nitrogens with one attached hydrogen (secondary N) is 2. The van der Waals surface area contributed by atoms with Gasteiger partial charge in [0.05, 0.1) is 16.6 Å². The molecule has 1 saturated heterocycles. The zero-order valence-electron chi connectivity index (χ0n) is 10.0. The molecule has 1 amide bonds. The number of anilines is 1. The highest BCUT2D eigenvalue weighted by Crippen LogP contribution is 2.24. The molecule has 0 saturated carbocycles. The SMILES string of the molecule is CN(CC(=O)Nc1ccc(Cl)c(Cl)c1)C1CNC1. The second-order valence-corrected chi connectivity index (χ2v) is 5.22. The molecule has 1 aromatic carbocycles. The lowest BCUT2D eigenvalue weighted by molar-refractivity contribution is -0.117. The summed E-state index contributed by atoms with van der Waals surface area (Å²) < 4.78 is 0. The van der Waals surface area contributed by atoms with Crippen molar-refractivity contribution in [3.05, 3.63) is 28.2 Å². The number of benzene rings is 1. The van der Waals surface area contributed by atoms with Gasteiger partial charge in [0.15, 0.2) is 0 Å². The van der Waals surface area contributed by atoms with E-state index in [9.17, 15) is 4.79 Å². The number of carbonyl (C=O) groups excluding carboxylic acids is 1. The maximum atomic E-state index is 11.8. The predicted molar refractivity (Wildman–Crippen MR) is 74.4 cm³/mol. The number of rotatable bonds is 4. The van der Waals surface area contributed by atoms with E-state index in [0.29, 0.717) is 28.3 Å². The number of hydrogen-bond acceptors (Lipinski definition) is 3. The first-order chi connectivity index (χ1) is 8.56. The van der Waals surface area contributed by atoms with Crippen molar-refractivity contribution in [3.8, 4) is 0 Å². The Kier molecular flexibility index (Phi) is 4.45. The minimum atomic E-state index is -0.0530. The first-order valence-electron chi connectivity index (χ1n) is 5.72. The molecule has 0 radical (unpaired) electrons. The molecule has 0 aromatic heterocycles. The lowest BCUT2D eigenvalue weighted by Gasteiger charge is -2.35. The third kappa shape index (κ3) is 3.36. The third-order valence-electron chi connectivity index (χ3n) is 2.98. The summed E-state index contributed by atoms with van der Waals surface area (Å²) >= 11 is 11.7. The van der Waals surface area contributed by atoms with Gasteiger partial charge in [-0.15, -0.1) is 0 Å². The first-order valence-corrected chi connectivity index (χ1v) is 6.47. The summed E-state index contributed by atoms with van der Waals surface area (Å²) in [7, 11) is 1.94. The zero-order valence-corrected chi connectivity index (χ0v) is 11.6. The molecule has 0 bridgehead atoms. The van der Waals surface area contributed by atoms with Crippen molar-refractivity contribution in [3.63, 3.8) is 0 Å². The fourth-order valence-corrected chi connectivity index (χ4v) is 2.01. The first kappa shape index (κ1) is 13.6. The van der Waals surface area contributed by atoms with Crippen molar-refractivity contribution in [1.29, 1.82) is 0 Å². The van der Waals surface area contributed by atoms with Crippen LogP contribution in [0.15, 0.2) is 18.2 Å². The molecule has 2 rings (SSSR count). The molecule has 0 spiro atoms. The molecule has 18 heavy (non-hydrogen) atoms. The molecule has 1 fully saturated rings. The van der Waals surface area contributed by atoms with Gasteiger partial charge >= 0.3 is 0 Å². The maximum Gasteiger partial charge on any atom is 0.238 e. The van der Waals surface area contributed by atoms with Crippen molar-refractivity contribution in [2.24, 2.45) is 0 Å². The minimum Gasteiger partial charge on any atom is -0.325 e. The Balaban J connectivity index is 1.88. The molecular formula is C12H15Cl2N3O. The highest BCUT2D eigenvalue weighted by molar-refractivity contribution is 6.42. The van der Waals surface area contributed by atoms with Crippen molar-refractivity contribution in [2.75, 3.05) is 32.0 Å². The van der Waals surface area contributed by atoms with E-state index in [4.69, 9.17) is 23.2 Å². The predicted octanol–water partition coefficient (Wildman–Crippen LogP) is 1.84. The number of carbonyl (C=O) groups is 1. The van der Waals surface area contributed by atoms with Crippen LogP contribution in [0.1, 0.15) is 0 Å². The largest absolute Gasteiger partial charge is 0.325 e. The van der Waals surface area contributed by atoms with E-state index in [-0.39, 0.29) is 5.91 Å². The van der Waals surface area contributed by atoms with Gasteiger partial charge in [0.25, 0.3) is 0 Å². The van der Waals surface area contributed by atoms with Crippen LogP contribution in [0.2, 0.25) is 10.0 Å². The number of nitrogens with zero attached hydrogens (tertiary/aromatic N) is 1. The molecule has 4 nitrogen and oxygen atoms in total. The minimum absolute atomic E-state index is 0.0530. The summed E-state index contributed by atoms with van der Waals surface area (Å²) in [6.45, 7) is 2.25. The molecule has 0 unspecified atom stereocenters. The highest BCUT2D eigenvalue weighted by Gasteiger charge is 2.22. The smallest absolute Gasteiger partial charge is 0.238 e. The van der Waals surface area contributed by atoms with Crippen LogP contribution in [0.4, 0.5) is 5.69 Å². The van der Waals surface area contributed by atoms with Gasteiger partial charge in [0.1, 0.15) is 0 Å². The van der Waals surface area contributed by atoms with E-state index in [1.807, 2.05) is 11.9 Å². The topological polar surface area (TPSA) is 44.4 Å². The maximum absolute atomic E-state index is 11.8. The molecule has 1 heterocycles. The number of likely N-dealkylation sites (N-methyl/N-ethyl adjacent to an activating group) is 1. The summed E-state index contributed by atoms with van der Waals surface area (Å²) in [6, 6.07) is 5.49. The van der Waals surface area contributed by atoms with E-state index in [1.54, 1.807) is 18.2 Å². The van der Waals surface area contributed by atoms with Gasteiger partial charge in [-0.05, 0) is 25.2 Å². The number of halogens is 2. The van der Waals surface area contributed by atoms with Gasteiger partial charge in [-0.3, -0.25) is 9.69 Å². The van der Waals surface area contributed by atoms with Crippen LogP contribution < -0.4 is 10.6 Å². The summed E-state index contributed by atoms with van der Waals surface area (Å²) in [5, 5.41) is 6.89. The van der Waals surface area contributed by atoms with Gasteiger partial charge in [0.2, 0.25) is 5.91 Å². The average Bonchev–Trinajstić information content (AvgIpc) is 2.20. The van der Waals surface area contributed by atoms with Gasteiger partial charge < -0.3 is 10.6 Å². The number of hydrogen-bond donors (Lipinski definition) is 2. The van der Waals surface area contributed by atoms with E-state index in [2.05, 4.69) is 10.6 Å². The molecule has 0 aliphatic carbocycles. The Labute approximate surface area is 116 Å². The lowest BCUT2D eigenvalue weighted by Crippen LogP contribution is -2.57. The van der Waals surface area contributed by atoms with E-state index in [1.165, 1.54) is 0 Å². The van der Waals surface area contributed by atoms with Crippen LogP contribution in [0.25, 0.3) is 0 Å². The Hall–Kier alpha value is -0.810. The van der Waals surface area contributed by atoms with E-state index >= 15 is 0 Å². The van der Waals surface area contributed by atoms with E-state index in [0.717, 1.165) is 13.1 Å². The normalized spacial score (nSPS) is 15.6. The van der Waals surface area contributed by atoms with Crippen molar-refractivity contribution in [2.45, 2.75) is 6.04 Å². The van der Waals surface area contributed by atoms with Crippen LogP contribution in [-0.2, 0) is 4.79 Å². The number of amides is 1. The van der Waals surface area contributed by atoms with Gasteiger partial charge in [0, 0.05) is 24.8 Å². The molecule has 2 N–H and O–H groups in total. The van der Waals surface area contributed by atoms with Gasteiger partial charge in [-0.1, -0.05) is 23.2 Å². The molecule has 0 atom stereocenters. The quantitative estimate of drug-likeness (QED) is 0.888. The molecule has 6 heteroatoms. The van der Waals surface area contributed by atoms with Crippen LogP contribution >= 0.6 is 23.2 Å². The van der Waals surface area contributed by atoms with E-state index < -0.39 is 0 Å². The fourth-order valence-electron chi connectivity index (χ4n) is 1.72. The molecule has 98 valence electrons. The van der Waals surface area contributed by atoms with Crippen molar-refractivity contribution in [1.82, 2.24) is 10.2 Å². The highest BCUT2D eigenvalue weighted by atomic mass is 35.5. The Bertz CT molecular complexity index is 449. The molecule has 1 aromatic rings. The summed E-state index contributed by atoms with van der Waals surface area (Å²) in [6.07, 6.45) is 0. The van der Waals surface area contributed by atoms with Gasteiger partial charge in [-0.25, -0.2) is 0 Å². The average molecular weight is 288 g/mol. The zero-order chi connectivity index (χ0) is 13.1. The van der Waals surface area contributed by atoms with Crippen LogP contribution in [-0.4, -0.2) is 43.5 Å². The van der Waals surface area contributed by atoms with Gasteiger partial charge in [-0.2, -0.15) is 0 Å². The molecular weight excluding hydrogens is 273 g/mol. The second kappa shape index (κ2) is 5.89. The summed E-state index contributed by atoms with van der Waals surface area (Å²) in [4.78, 5) is 13.8. The second-order valence-electron chi connectivity index (χ2n) is 4.40. The fraction of sp³-hybridized carbons (Fsp3) is 0.417. The Morgan fingerprint density at radius 2 is 2.17 bits per heavy atom. The Morgan fingerprint density at radius 3 is 2.72 bits per heavy atom. The van der Waals surface area contributed by atoms with Crippen molar-refractivity contribution >= 4 is 34.8 Å². The van der Waals surface area contributed by atoms with Crippen LogP contribution in [0.3, 0.4) is 0 Å². The third-order valence-corrected chi connectivity index (χ3v) is 3.72.